The van der Waals surface area contributed by atoms with Gasteiger partial charge in [-0.3, -0.25) is 0 Å². The number of aromatic nitrogens is 1. The molecule has 0 saturated heterocycles. The predicted octanol–water partition coefficient (Wildman–Crippen LogP) is 2.27. The van der Waals surface area contributed by atoms with Crippen molar-refractivity contribution in [3.8, 4) is 23.3 Å². The van der Waals surface area contributed by atoms with Crippen LogP contribution in [0.3, 0.4) is 0 Å². The standard InChI is InChI=1S/C14H10N4/c15-7-6-11-8-12(10-4-2-1-3-5-10)13(9-16)14(17)18-11/h1-5,8H,6H2,(H2,17,18). The van der Waals surface area contributed by atoms with Crippen LogP contribution in [0.15, 0.2) is 36.4 Å². The van der Waals surface area contributed by atoms with Crippen molar-refractivity contribution in [3.63, 3.8) is 0 Å². The lowest BCUT2D eigenvalue weighted by Gasteiger charge is -2.08. The second-order valence-corrected chi connectivity index (χ2v) is 3.73. The third-order valence-electron chi connectivity index (χ3n) is 2.56. The topological polar surface area (TPSA) is 86.5 Å². The monoisotopic (exact) mass is 234 g/mol. The lowest BCUT2D eigenvalue weighted by Crippen LogP contribution is -2.01. The Morgan fingerprint density at radius 2 is 1.89 bits per heavy atom. The van der Waals surface area contributed by atoms with Gasteiger partial charge in [0, 0.05) is 5.56 Å². The molecule has 0 radical (unpaired) electrons. The van der Waals surface area contributed by atoms with Crippen molar-refractivity contribution >= 4 is 5.82 Å². The van der Waals surface area contributed by atoms with Gasteiger partial charge < -0.3 is 5.73 Å². The van der Waals surface area contributed by atoms with Crippen LogP contribution in [0.1, 0.15) is 11.3 Å². The van der Waals surface area contributed by atoms with Crippen molar-refractivity contribution in [1.29, 1.82) is 10.5 Å². The second kappa shape index (κ2) is 4.99. The fourth-order valence-electron chi connectivity index (χ4n) is 1.75. The molecule has 0 saturated carbocycles. The zero-order chi connectivity index (χ0) is 13.0. The van der Waals surface area contributed by atoms with Crippen LogP contribution in [0.25, 0.3) is 11.1 Å². The first kappa shape index (κ1) is 11.6. The van der Waals surface area contributed by atoms with E-state index in [2.05, 4.69) is 11.1 Å². The third kappa shape index (κ3) is 2.14. The molecule has 0 atom stereocenters. The number of hydrogen-bond acceptors (Lipinski definition) is 4. The molecule has 0 aliphatic rings. The van der Waals surface area contributed by atoms with Crippen LogP contribution < -0.4 is 5.73 Å². The van der Waals surface area contributed by atoms with Crippen molar-refractivity contribution < 1.29 is 0 Å². The summed E-state index contributed by atoms with van der Waals surface area (Å²) in [6, 6.07) is 15.3. The molecule has 2 aromatic rings. The molecule has 2 N–H and O–H groups in total. The minimum absolute atomic E-state index is 0.170. The summed E-state index contributed by atoms with van der Waals surface area (Å²) in [5, 5.41) is 17.8. The highest BCUT2D eigenvalue weighted by Crippen LogP contribution is 2.27. The van der Waals surface area contributed by atoms with E-state index in [4.69, 9.17) is 16.3 Å². The lowest BCUT2D eigenvalue weighted by molar-refractivity contribution is 1.12. The number of rotatable bonds is 2. The maximum Gasteiger partial charge on any atom is 0.142 e. The van der Waals surface area contributed by atoms with E-state index in [0.29, 0.717) is 11.3 Å². The summed E-state index contributed by atoms with van der Waals surface area (Å²) in [5.74, 6) is 0.170. The number of nitrogen functional groups attached to an aromatic ring is 1. The van der Waals surface area contributed by atoms with Gasteiger partial charge in [0.15, 0.2) is 0 Å². The highest BCUT2D eigenvalue weighted by molar-refractivity contribution is 5.75. The number of nitrogens with zero attached hydrogens (tertiary/aromatic N) is 3. The van der Waals surface area contributed by atoms with Gasteiger partial charge in [-0.1, -0.05) is 30.3 Å². The normalized spacial score (nSPS) is 9.44. The SMILES string of the molecule is N#CCc1cc(-c2ccccc2)c(C#N)c(N)n1. The second-order valence-electron chi connectivity index (χ2n) is 3.73. The maximum atomic E-state index is 9.15. The Balaban J connectivity index is 2.65. The van der Waals surface area contributed by atoms with E-state index in [1.165, 1.54) is 0 Å². The molecule has 0 fully saturated rings. The smallest absolute Gasteiger partial charge is 0.142 e. The first-order valence-corrected chi connectivity index (χ1v) is 5.38. The van der Waals surface area contributed by atoms with Crippen LogP contribution in [-0.2, 0) is 6.42 Å². The van der Waals surface area contributed by atoms with Crippen molar-refractivity contribution in [3.05, 3.63) is 47.7 Å². The third-order valence-corrected chi connectivity index (χ3v) is 2.56. The molecule has 86 valence electrons. The summed E-state index contributed by atoms with van der Waals surface area (Å²) < 4.78 is 0. The predicted molar refractivity (Wildman–Crippen MR) is 68.1 cm³/mol. The Hall–Kier alpha value is -2.85. The number of pyridine rings is 1. The minimum atomic E-state index is 0.170. The van der Waals surface area contributed by atoms with Gasteiger partial charge in [-0.05, 0) is 11.6 Å². The first-order chi connectivity index (χ1) is 8.76. The molecular formula is C14H10N4. The summed E-state index contributed by atoms with van der Waals surface area (Å²) in [7, 11) is 0. The molecule has 1 heterocycles. The fourth-order valence-corrected chi connectivity index (χ4v) is 1.75. The van der Waals surface area contributed by atoms with E-state index in [-0.39, 0.29) is 12.2 Å². The number of anilines is 1. The summed E-state index contributed by atoms with van der Waals surface area (Å²) >= 11 is 0. The molecule has 0 aliphatic heterocycles. The molecule has 2 rings (SSSR count). The summed E-state index contributed by atoms with van der Waals surface area (Å²) in [6.45, 7) is 0. The van der Waals surface area contributed by atoms with Gasteiger partial charge in [0.25, 0.3) is 0 Å². The average molecular weight is 234 g/mol. The molecule has 0 amide bonds. The maximum absolute atomic E-state index is 9.15. The van der Waals surface area contributed by atoms with Crippen molar-refractivity contribution in [2.45, 2.75) is 6.42 Å². The Bertz CT molecular complexity index is 648. The van der Waals surface area contributed by atoms with Gasteiger partial charge >= 0.3 is 0 Å². The van der Waals surface area contributed by atoms with Crippen molar-refractivity contribution in [2.75, 3.05) is 5.73 Å². The van der Waals surface area contributed by atoms with E-state index in [1.807, 2.05) is 36.4 Å². The Morgan fingerprint density at radius 1 is 1.17 bits per heavy atom. The quantitative estimate of drug-likeness (QED) is 0.863. The fraction of sp³-hybridized carbons (Fsp3) is 0.0714. The molecule has 18 heavy (non-hydrogen) atoms. The Morgan fingerprint density at radius 3 is 2.50 bits per heavy atom. The largest absolute Gasteiger partial charge is 0.383 e. The number of nitrogens with two attached hydrogens (primary N) is 1. The summed E-state index contributed by atoms with van der Waals surface area (Å²) in [5.41, 5.74) is 8.29. The van der Waals surface area contributed by atoms with Crippen molar-refractivity contribution in [1.82, 2.24) is 4.98 Å². The van der Waals surface area contributed by atoms with Crippen LogP contribution in [0.4, 0.5) is 5.82 Å². The zero-order valence-corrected chi connectivity index (χ0v) is 9.59. The minimum Gasteiger partial charge on any atom is -0.383 e. The van der Waals surface area contributed by atoms with Gasteiger partial charge in [-0.25, -0.2) is 4.98 Å². The molecular weight excluding hydrogens is 224 g/mol. The van der Waals surface area contributed by atoms with Crippen LogP contribution in [0, 0.1) is 22.7 Å². The highest BCUT2D eigenvalue weighted by atomic mass is 14.8. The zero-order valence-electron chi connectivity index (χ0n) is 9.59. The molecule has 1 aromatic carbocycles. The van der Waals surface area contributed by atoms with E-state index in [0.717, 1.165) is 11.1 Å². The Labute approximate surface area is 105 Å². The molecule has 4 nitrogen and oxygen atoms in total. The molecule has 4 heteroatoms. The summed E-state index contributed by atoms with van der Waals surface area (Å²) in [6.07, 6.45) is 0.176. The van der Waals surface area contributed by atoms with Crippen LogP contribution >= 0.6 is 0 Å². The van der Waals surface area contributed by atoms with E-state index in [9.17, 15) is 0 Å². The van der Waals surface area contributed by atoms with E-state index in [1.54, 1.807) is 6.07 Å². The van der Waals surface area contributed by atoms with Crippen LogP contribution in [-0.4, -0.2) is 4.98 Å². The van der Waals surface area contributed by atoms with Gasteiger partial charge in [0.2, 0.25) is 0 Å². The van der Waals surface area contributed by atoms with Crippen LogP contribution in [0.2, 0.25) is 0 Å². The molecule has 0 unspecified atom stereocenters. The summed E-state index contributed by atoms with van der Waals surface area (Å²) in [4.78, 5) is 4.05. The Kier molecular flexibility index (Phi) is 3.22. The molecule has 0 aliphatic carbocycles. The number of benzene rings is 1. The van der Waals surface area contributed by atoms with E-state index >= 15 is 0 Å². The number of nitriles is 2. The molecule has 0 bridgehead atoms. The van der Waals surface area contributed by atoms with E-state index < -0.39 is 0 Å². The number of hydrogen-bond donors (Lipinski definition) is 1. The first-order valence-electron chi connectivity index (χ1n) is 5.38. The average Bonchev–Trinajstić information content (AvgIpc) is 2.39. The lowest BCUT2D eigenvalue weighted by atomic mass is 10.00. The van der Waals surface area contributed by atoms with Gasteiger partial charge in [0.05, 0.1) is 18.2 Å². The van der Waals surface area contributed by atoms with Crippen molar-refractivity contribution in [2.24, 2.45) is 0 Å². The van der Waals surface area contributed by atoms with Gasteiger partial charge in [0.1, 0.15) is 17.5 Å². The molecule has 0 spiro atoms. The highest BCUT2D eigenvalue weighted by Gasteiger charge is 2.11. The molecule has 1 aromatic heterocycles. The van der Waals surface area contributed by atoms with Gasteiger partial charge in [-0.2, -0.15) is 10.5 Å². The van der Waals surface area contributed by atoms with Gasteiger partial charge in [-0.15, -0.1) is 0 Å². The van der Waals surface area contributed by atoms with Crippen LogP contribution in [0.5, 0.6) is 0 Å².